The first-order chi connectivity index (χ1) is 8.79. The molecule has 0 saturated heterocycles. The van der Waals surface area contributed by atoms with Gasteiger partial charge < -0.3 is 26.0 Å². The minimum Gasteiger partial charge on any atom is -0.481 e. The van der Waals surface area contributed by atoms with E-state index in [1.165, 1.54) is 6.92 Å². The van der Waals surface area contributed by atoms with E-state index in [0.29, 0.717) is 6.42 Å². The van der Waals surface area contributed by atoms with Crippen molar-refractivity contribution in [3.63, 3.8) is 0 Å². The number of hydrogen-bond acceptors (Lipinski definition) is 6. The van der Waals surface area contributed by atoms with E-state index in [9.17, 15) is 19.5 Å². The summed E-state index contributed by atoms with van der Waals surface area (Å²) in [7, 11) is 0. The summed E-state index contributed by atoms with van der Waals surface area (Å²) in [5.74, 6) is -2.85. The van der Waals surface area contributed by atoms with E-state index in [4.69, 9.17) is 15.6 Å². The zero-order valence-electron chi connectivity index (χ0n) is 11.0. The van der Waals surface area contributed by atoms with Crippen LogP contribution in [0, 0.1) is 0 Å². The van der Waals surface area contributed by atoms with Crippen molar-refractivity contribution in [1.29, 1.82) is 0 Å². The number of nitrogens with one attached hydrogen (secondary N) is 1. The monoisotopic (exact) mass is 276 g/mol. The molecule has 0 saturated carbocycles. The first-order valence-electron chi connectivity index (χ1n) is 5.92. The van der Waals surface area contributed by atoms with Crippen molar-refractivity contribution in [2.75, 3.05) is 6.61 Å². The van der Waals surface area contributed by atoms with Gasteiger partial charge in [-0.15, -0.1) is 0 Å². The van der Waals surface area contributed by atoms with Crippen LogP contribution in [0.2, 0.25) is 0 Å². The van der Waals surface area contributed by atoms with Crippen molar-refractivity contribution in [2.24, 2.45) is 5.73 Å². The van der Waals surface area contributed by atoms with Crippen LogP contribution in [0.25, 0.3) is 0 Å². The molecule has 0 spiro atoms. The number of amides is 1. The topological polar surface area (TPSA) is 139 Å². The van der Waals surface area contributed by atoms with Crippen molar-refractivity contribution in [3.05, 3.63) is 0 Å². The molecule has 0 unspecified atom stereocenters. The average Bonchev–Trinajstić information content (AvgIpc) is 2.31. The van der Waals surface area contributed by atoms with Crippen LogP contribution in [-0.2, 0) is 19.1 Å². The maximum atomic E-state index is 11.6. The maximum Gasteiger partial charge on any atom is 0.331 e. The van der Waals surface area contributed by atoms with Gasteiger partial charge in [-0.3, -0.25) is 9.59 Å². The number of rotatable bonds is 8. The number of carbonyl (C=O) groups excluding carboxylic acids is 2. The smallest absolute Gasteiger partial charge is 0.331 e. The van der Waals surface area contributed by atoms with Crippen molar-refractivity contribution < 1.29 is 29.3 Å². The standard InChI is InChI=1S/C11H20N2O6/c1-3-4-19-11(18)9(6(2)14)13-10(17)7(12)5-8(15)16/h6-7,9,14H,3-5,12H2,1-2H3,(H,13,17)(H,15,16)/t6-,7+,9+/m1/s1. The lowest BCUT2D eigenvalue weighted by Gasteiger charge is -2.21. The Balaban J connectivity index is 4.53. The molecule has 8 nitrogen and oxygen atoms in total. The zero-order chi connectivity index (χ0) is 15.0. The van der Waals surface area contributed by atoms with Gasteiger partial charge in [0.05, 0.1) is 25.2 Å². The number of nitrogens with two attached hydrogens (primary N) is 1. The van der Waals surface area contributed by atoms with Crippen LogP contribution >= 0.6 is 0 Å². The molecule has 0 heterocycles. The normalized spacial score (nSPS) is 15.2. The highest BCUT2D eigenvalue weighted by Gasteiger charge is 2.29. The van der Waals surface area contributed by atoms with Crippen molar-refractivity contribution >= 4 is 17.8 Å². The Hall–Kier alpha value is -1.67. The Morgan fingerprint density at radius 3 is 2.37 bits per heavy atom. The number of ether oxygens (including phenoxy) is 1. The number of carbonyl (C=O) groups is 3. The van der Waals surface area contributed by atoms with Gasteiger partial charge in [0.15, 0.2) is 6.04 Å². The van der Waals surface area contributed by atoms with E-state index in [-0.39, 0.29) is 6.61 Å². The van der Waals surface area contributed by atoms with Crippen molar-refractivity contribution in [1.82, 2.24) is 5.32 Å². The first-order valence-corrected chi connectivity index (χ1v) is 5.92. The van der Waals surface area contributed by atoms with Crippen LogP contribution in [0.1, 0.15) is 26.7 Å². The largest absolute Gasteiger partial charge is 0.481 e. The fourth-order valence-electron chi connectivity index (χ4n) is 1.21. The highest BCUT2D eigenvalue weighted by molar-refractivity contribution is 5.90. The Labute approximate surface area is 110 Å². The van der Waals surface area contributed by atoms with Gasteiger partial charge in [-0.25, -0.2) is 4.79 Å². The molecule has 0 aromatic carbocycles. The number of carboxylic acid groups (broad SMARTS) is 1. The quantitative estimate of drug-likeness (QED) is 0.400. The maximum absolute atomic E-state index is 11.6. The van der Waals surface area contributed by atoms with Gasteiger partial charge in [0.25, 0.3) is 0 Å². The molecule has 0 radical (unpaired) electrons. The molecule has 0 bridgehead atoms. The molecule has 0 aliphatic carbocycles. The number of carboxylic acids is 1. The number of hydrogen-bond donors (Lipinski definition) is 4. The molecule has 5 N–H and O–H groups in total. The van der Waals surface area contributed by atoms with Gasteiger partial charge in [-0.1, -0.05) is 6.92 Å². The molecule has 3 atom stereocenters. The fourth-order valence-corrected chi connectivity index (χ4v) is 1.21. The van der Waals surface area contributed by atoms with Gasteiger partial charge in [-0.2, -0.15) is 0 Å². The molecule has 1 amide bonds. The molecular weight excluding hydrogens is 256 g/mol. The van der Waals surface area contributed by atoms with Gasteiger partial charge in [0, 0.05) is 0 Å². The predicted molar refractivity (Wildman–Crippen MR) is 65.1 cm³/mol. The van der Waals surface area contributed by atoms with Gasteiger partial charge in [0.2, 0.25) is 5.91 Å². The molecule has 0 rings (SSSR count). The summed E-state index contributed by atoms with van der Waals surface area (Å²) in [6.45, 7) is 3.27. The third-order valence-corrected chi connectivity index (χ3v) is 2.21. The van der Waals surface area contributed by atoms with E-state index in [1.54, 1.807) is 6.92 Å². The summed E-state index contributed by atoms with van der Waals surface area (Å²) in [5, 5.41) is 20.1. The van der Waals surface area contributed by atoms with Gasteiger partial charge >= 0.3 is 11.9 Å². The van der Waals surface area contributed by atoms with Crippen LogP contribution in [0.15, 0.2) is 0 Å². The molecule has 0 aliphatic rings. The Morgan fingerprint density at radius 2 is 1.95 bits per heavy atom. The van der Waals surface area contributed by atoms with Crippen LogP contribution < -0.4 is 11.1 Å². The molecule has 8 heteroatoms. The third kappa shape index (κ3) is 6.73. The average molecular weight is 276 g/mol. The minimum atomic E-state index is -1.29. The summed E-state index contributed by atoms with van der Waals surface area (Å²) in [6, 6.07) is -2.56. The summed E-state index contributed by atoms with van der Waals surface area (Å²) < 4.78 is 4.81. The lowest BCUT2D eigenvalue weighted by atomic mass is 10.1. The summed E-state index contributed by atoms with van der Waals surface area (Å²) in [6.07, 6.45) is -1.14. The van der Waals surface area contributed by atoms with Crippen molar-refractivity contribution in [2.45, 2.75) is 44.9 Å². The van der Waals surface area contributed by atoms with Crippen LogP contribution in [0.3, 0.4) is 0 Å². The Kier molecular flexibility index (Phi) is 7.69. The molecular formula is C11H20N2O6. The second kappa shape index (κ2) is 8.44. The molecule has 0 aliphatic heterocycles. The number of aliphatic hydroxyl groups excluding tert-OH is 1. The lowest BCUT2D eigenvalue weighted by Crippen LogP contribution is -2.53. The van der Waals surface area contributed by atoms with E-state index in [0.717, 1.165) is 0 Å². The fraction of sp³-hybridized carbons (Fsp3) is 0.727. The predicted octanol–water partition coefficient (Wildman–Crippen LogP) is -1.39. The highest BCUT2D eigenvalue weighted by Crippen LogP contribution is 1.99. The van der Waals surface area contributed by atoms with Gasteiger partial charge in [-0.05, 0) is 13.3 Å². The minimum absolute atomic E-state index is 0.166. The first kappa shape index (κ1) is 17.3. The number of aliphatic carboxylic acids is 1. The highest BCUT2D eigenvalue weighted by atomic mass is 16.5. The van der Waals surface area contributed by atoms with Crippen LogP contribution in [0.5, 0.6) is 0 Å². The molecule has 0 fully saturated rings. The SMILES string of the molecule is CCCOC(=O)[C@@H](NC(=O)[C@@H](N)CC(=O)O)[C@@H](C)O. The molecule has 0 aromatic rings. The second-order valence-electron chi connectivity index (χ2n) is 4.10. The van der Waals surface area contributed by atoms with E-state index >= 15 is 0 Å². The Bertz CT molecular complexity index is 331. The zero-order valence-corrected chi connectivity index (χ0v) is 11.0. The van der Waals surface area contributed by atoms with E-state index in [2.05, 4.69) is 5.32 Å². The Morgan fingerprint density at radius 1 is 1.37 bits per heavy atom. The molecule has 110 valence electrons. The summed E-state index contributed by atoms with van der Waals surface area (Å²) in [5.41, 5.74) is 5.34. The lowest BCUT2D eigenvalue weighted by molar-refractivity contribution is -0.151. The number of aliphatic hydroxyl groups is 1. The van der Waals surface area contributed by atoms with Crippen LogP contribution in [-0.4, -0.2) is 52.9 Å². The van der Waals surface area contributed by atoms with Crippen molar-refractivity contribution in [3.8, 4) is 0 Å². The molecule has 0 aromatic heterocycles. The van der Waals surface area contributed by atoms with E-state index < -0.39 is 42.5 Å². The van der Waals surface area contributed by atoms with Crippen LogP contribution in [0.4, 0.5) is 0 Å². The number of esters is 1. The molecule has 19 heavy (non-hydrogen) atoms. The summed E-state index contributed by atoms with van der Waals surface area (Å²) in [4.78, 5) is 33.5. The van der Waals surface area contributed by atoms with E-state index in [1.807, 2.05) is 0 Å². The third-order valence-electron chi connectivity index (χ3n) is 2.21. The summed E-state index contributed by atoms with van der Waals surface area (Å²) >= 11 is 0. The second-order valence-corrected chi connectivity index (χ2v) is 4.10. The van der Waals surface area contributed by atoms with Gasteiger partial charge in [0.1, 0.15) is 0 Å².